The van der Waals surface area contributed by atoms with Crippen molar-refractivity contribution < 1.29 is 24.5 Å². The lowest BCUT2D eigenvalue weighted by Crippen LogP contribution is -2.48. The van der Waals surface area contributed by atoms with Crippen LogP contribution in [0, 0.1) is 11.8 Å². The minimum absolute atomic E-state index is 0.0118. The van der Waals surface area contributed by atoms with Crippen LogP contribution in [0.2, 0.25) is 0 Å². The summed E-state index contributed by atoms with van der Waals surface area (Å²) in [6, 6.07) is 7.43. The number of aliphatic hydroxyl groups excluding tert-OH is 1. The molecule has 0 bridgehead atoms. The average Bonchev–Trinajstić information content (AvgIpc) is 3.16. The van der Waals surface area contributed by atoms with E-state index in [1.54, 1.807) is 12.0 Å². The summed E-state index contributed by atoms with van der Waals surface area (Å²) >= 11 is 0. The van der Waals surface area contributed by atoms with Crippen molar-refractivity contribution in [1.29, 1.82) is 0 Å². The molecule has 1 saturated heterocycles. The first kappa shape index (κ1) is 22.2. The number of rotatable bonds is 10. The molecule has 2 unspecified atom stereocenters. The van der Waals surface area contributed by atoms with Gasteiger partial charge in [-0.15, -0.1) is 0 Å². The molecule has 6 heteroatoms. The highest BCUT2D eigenvalue weighted by Gasteiger charge is 2.39. The molecular formula is C22H33NO5. The van der Waals surface area contributed by atoms with E-state index >= 15 is 0 Å². The molecule has 0 saturated carbocycles. The van der Waals surface area contributed by atoms with Gasteiger partial charge in [-0.1, -0.05) is 32.4 Å². The smallest absolute Gasteiger partial charge is 0.334 e. The number of carboxylic acids is 1. The summed E-state index contributed by atoms with van der Waals surface area (Å²) in [6.07, 6.45) is 3.43. The Morgan fingerprint density at radius 1 is 1.21 bits per heavy atom. The highest BCUT2D eigenvalue weighted by molar-refractivity contribution is 5.81. The van der Waals surface area contributed by atoms with Crippen molar-refractivity contribution in [3.05, 3.63) is 29.8 Å². The first-order chi connectivity index (χ1) is 13.3. The van der Waals surface area contributed by atoms with Gasteiger partial charge < -0.3 is 19.8 Å². The molecule has 1 amide bonds. The number of carbonyl (C=O) groups is 2. The maximum Gasteiger partial charge on any atom is 0.334 e. The van der Waals surface area contributed by atoms with Gasteiger partial charge in [0.1, 0.15) is 5.75 Å². The Morgan fingerprint density at radius 3 is 2.46 bits per heavy atom. The van der Waals surface area contributed by atoms with E-state index in [9.17, 15) is 14.7 Å². The SMILES string of the molecule is COc1ccc(CCCCC(C(=O)N2CCC[C@H]2C(O)C(=O)O)C(C)C)cc1. The maximum atomic E-state index is 13.1. The Hall–Kier alpha value is -2.08. The lowest BCUT2D eigenvalue weighted by Gasteiger charge is -2.31. The molecule has 0 aromatic heterocycles. The molecule has 6 nitrogen and oxygen atoms in total. The van der Waals surface area contributed by atoms with Gasteiger partial charge in [-0.3, -0.25) is 4.79 Å². The Labute approximate surface area is 167 Å². The predicted octanol–water partition coefficient (Wildman–Crippen LogP) is 3.12. The van der Waals surface area contributed by atoms with E-state index < -0.39 is 18.1 Å². The van der Waals surface area contributed by atoms with Crippen molar-refractivity contribution in [3.63, 3.8) is 0 Å². The van der Waals surface area contributed by atoms with Gasteiger partial charge in [0.25, 0.3) is 0 Å². The summed E-state index contributed by atoms with van der Waals surface area (Å²) in [5, 5.41) is 19.0. The molecule has 156 valence electrons. The van der Waals surface area contributed by atoms with Gasteiger partial charge in [0, 0.05) is 12.5 Å². The monoisotopic (exact) mass is 391 g/mol. The van der Waals surface area contributed by atoms with Crippen molar-refractivity contribution in [1.82, 2.24) is 4.90 Å². The number of aliphatic carboxylic acids is 1. The first-order valence-electron chi connectivity index (χ1n) is 10.2. The second-order valence-corrected chi connectivity index (χ2v) is 7.97. The van der Waals surface area contributed by atoms with Gasteiger partial charge in [-0.2, -0.15) is 0 Å². The normalized spacial score (nSPS) is 18.9. The fourth-order valence-corrected chi connectivity index (χ4v) is 4.00. The molecule has 1 aliphatic rings. The number of carboxylic acid groups (broad SMARTS) is 1. The van der Waals surface area contributed by atoms with Crippen LogP contribution in [-0.2, 0) is 16.0 Å². The van der Waals surface area contributed by atoms with E-state index in [1.807, 2.05) is 26.0 Å². The van der Waals surface area contributed by atoms with Crippen LogP contribution in [-0.4, -0.2) is 52.8 Å². The molecule has 0 spiro atoms. The highest BCUT2D eigenvalue weighted by Crippen LogP contribution is 2.28. The molecule has 28 heavy (non-hydrogen) atoms. The summed E-state index contributed by atoms with van der Waals surface area (Å²) in [6.45, 7) is 4.60. The number of hydrogen-bond acceptors (Lipinski definition) is 4. The van der Waals surface area contributed by atoms with E-state index in [-0.39, 0.29) is 17.7 Å². The zero-order chi connectivity index (χ0) is 20.7. The van der Waals surface area contributed by atoms with Crippen molar-refractivity contribution >= 4 is 11.9 Å². The average molecular weight is 392 g/mol. The predicted molar refractivity (Wildman–Crippen MR) is 107 cm³/mol. The maximum absolute atomic E-state index is 13.1. The fraction of sp³-hybridized carbons (Fsp3) is 0.636. The first-order valence-corrected chi connectivity index (χ1v) is 10.2. The Morgan fingerprint density at radius 2 is 1.89 bits per heavy atom. The number of methoxy groups -OCH3 is 1. The third-order valence-electron chi connectivity index (χ3n) is 5.71. The number of nitrogens with zero attached hydrogens (tertiary/aromatic N) is 1. The number of hydrogen-bond donors (Lipinski definition) is 2. The topological polar surface area (TPSA) is 87.1 Å². The summed E-state index contributed by atoms with van der Waals surface area (Å²) in [5.41, 5.74) is 1.25. The summed E-state index contributed by atoms with van der Waals surface area (Å²) in [4.78, 5) is 25.8. The molecule has 2 N–H and O–H groups in total. The lowest BCUT2D eigenvalue weighted by molar-refractivity contribution is -0.153. The molecule has 0 radical (unpaired) electrons. The summed E-state index contributed by atoms with van der Waals surface area (Å²) < 4.78 is 5.17. The van der Waals surface area contributed by atoms with Crippen LogP contribution >= 0.6 is 0 Å². The Bertz CT molecular complexity index is 643. The van der Waals surface area contributed by atoms with E-state index in [0.717, 1.165) is 37.9 Å². The number of likely N-dealkylation sites (tertiary alicyclic amines) is 1. The van der Waals surface area contributed by atoms with Crippen molar-refractivity contribution in [2.45, 2.75) is 64.5 Å². The summed E-state index contributed by atoms with van der Waals surface area (Å²) in [7, 11) is 1.65. The number of unbranched alkanes of at least 4 members (excludes halogenated alkanes) is 1. The molecule has 1 aromatic carbocycles. The van der Waals surface area contributed by atoms with E-state index in [4.69, 9.17) is 9.84 Å². The molecule has 1 fully saturated rings. The Kier molecular flexibility index (Phi) is 8.30. The highest BCUT2D eigenvalue weighted by atomic mass is 16.5. The van der Waals surface area contributed by atoms with Crippen LogP contribution in [0.1, 0.15) is 51.5 Å². The second-order valence-electron chi connectivity index (χ2n) is 7.97. The van der Waals surface area contributed by atoms with E-state index in [1.165, 1.54) is 5.56 Å². The molecular weight excluding hydrogens is 358 g/mol. The minimum atomic E-state index is -1.51. The third kappa shape index (κ3) is 5.71. The largest absolute Gasteiger partial charge is 0.497 e. The molecule has 0 aliphatic carbocycles. The van der Waals surface area contributed by atoms with E-state index in [0.29, 0.717) is 13.0 Å². The lowest BCUT2D eigenvalue weighted by atomic mass is 9.88. The van der Waals surface area contributed by atoms with Crippen LogP contribution < -0.4 is 4.74 Å². The van der Waals surface area contributed by atoms with Crippen molar-refractivity contribution in [2.75, 3.05) is 13.7 Å². The second kappa shape index (κ2) is 10.5. The standard InChI is InChI=1S/C22H33NO5/c1-15(2)18(8-5-4-7-16-10-12-17(28-3)13-11-16)21(25)23-14-6-9-19(23)20(24)22(26)27/h10-13,15,18-20,24H,4-9,14H2,1-3H3,(H,26,27)/t18?,19-,20?/m0/s1. The van der Waals surface area contributed by atoms with Gasteiger partial charge in [0.15, 0.2) is 6.10 Å². The molecule has 1 heterocycles. The van der Waals surface area contributed by atoms with Gasteiger partial charge in [0.05, 0.1) is 13.2 Å². The van der Waals surface area contributed by atoms with Gasteiger partial charge in [-0.05, 0) is 55.7 Å². The molecule has 3 atom stereocenters. The quantitative estimate of drug-likeness (QED) is 0.599. The van der Waals surface area contributed by atoms with Crippen LogP contribution in [0.5, 0.6) is 5.75 Å². The van der Waals surface area contributed by atoms with Crippen LogP contribution in [0.4, 0.5) is 0 Å². The minimum Gasteiger partial charge on any atom is -0.497 e. The third-order valence-corrected chi connectivity index (χ3v) is 5.71. The number of carbonyl (C=O) groups excluding carboxylic acids is 1. The number of ether oxygens (including phenoxy) is 1. The molecule has 1 aromatic rings. The zero-order valence-corrected chi connectivity index (χ0v) is 17.1. The van der Waals surface area contributed by atoms with E-state index in [2.05, 4.69) is 12.1 Å². The fourth-order valence-electron chi connectivity index (χ4n) is 4.00. The van der Waals surface area contributed by atoms with Crippen molar-refractivity contribution in [2.24, 2.45) is 11.8 Å². The van der Waals surface area contributed by atoms with Gasteiger partial charge >= 0.3 is 5.97 Å². The number of aliphatic hydroxyl groups is 1. The van der Waals surface area contributed by atoms with Gasteiger partial charge in [-0.25, -0.2) is 4.79 Å². The summed E-state index contributed by atoms with van der Waals surface area (Å²) in [5.74, 6) is -0.389. The number of benzene rings is 1. The van der Waals surface area contributed by atoms with Gasteiger partial charge in [0.2, 0.25) is 5.91 Å². The van der Waals surface area contributed by atoms with Crippen molar-refractivity contribution in [3.8, 4) is 5.75 Å². The molecule has 2 rings (SSSR count). The van der Waals surface area contributed by atoms with Crippen LogP contribution in [0.15, 0.2) is 24.3 Å². The van der Waals surface area contributed by atoms with Crippen LogP contribution in [0.3, 0.4) is 0 Å². The zero-order valence-electron chi connectivity index (χ0n) is 17.1. The van der Waals surface area contributed by atoms with Crippen LogP contribution in [0.25, 0.3) is 0 Å². The Balaban J connectivity index is 1.89. The molecule has 1 aliphatic heterocycles. The number of amides is 1. The number of aryl methyl sites for hydroxylation is 1.